The first-order valence-corrected chi connectivity index (χ1v) is 8.00. The molecule has 2 aliphatic heterocycles. The highest BCUT2D eigenvalue weighted by Gasteiger charge is 2.43. The number of esters is 1. The van der Waals surface area contributed by atoms with Gasteiger partial charge in [0.1, 0.15) is 11.5 Å². The van der Waals surface area contributed by atoms with Crippen LogP contribution in [0.25, 0.3) is 0 Å². The van der Waals surface area contributed by atoms with Crippen molar-refractivity contribution in [2.24, 2.45) is 0 Å². The molecule has 0 amide bonds. The van der Waals surface area contributed by atoms with Crippen molar-refractivity contribution in [1.82, 2.24) is 9.88 Å². The molecule has 1 aromatic rings. The molecule has 1 aromatic heterocycles. The predicted octanol–water partition coefficient (Wildman–Crippen LogP) is 1.50. The minimum Gasteiger partial charge on any atom is -0.461 e. The number of pyridine rings is 1. The third kappa shape index (κ3) is 2.63. The number of fused-ring (bicyclic) bond motifs is 2. The van der Waals surface area contributed by atoms with Gasteiger partial charge in [-0.1, -0.05) is 6.07 Å². The summed E-state index contributed by atoms with van der Waals surface area (Å²) in [6.07, 6.45) is 5.74. The predicted molar refractivity (Wildman–Crippen MR) is 82.4 cm³/mol. The van der Waals surface area contributed by atoms with E-state index in [-0.39, 0.29) is 18.7 Å². The molecule has 3 heterocycles. The summed E-state index contributed by atoms with van der Waals surface area (Å²) in [6, 6.07) is 6.41. The second-order valence-electron chi connectivity index (χ2n) is 6.75. The van der Waals surface area contributed by atoms with Gasteiger partial charge in [0.05, 0.1) is 12.3 Å². The first-order chi connectivity index (χ1) is 10.5. The maximum atomic E-state index is 12.6. The number of hydrogen-bond donors (Lipinski definition) is 1. The van der Waals surface area contributed by atoms with E-state index in [2.05, 4.69) is 16.9 Å². The Morgan fingerprint density at radius 1 is 1.41 bits per heavy atom. The fourth-order valence-corrected chi connectivity index (χ4v) is 3.68. The standard InChI is InChI=1S/C17H24N2O3/c1-17(11-20,15-5-3-4-8-18-15)16(21)22-14-9-12-6-7-13(10-14)19(12)2/h3-5,8,12-14,20H,6-7,9-11H2,1-2H3. The van der Waals surface area contributed by atoms with Crippen LogP contribution in [0, 0.1) is 0 Å². The number of nitrogens with zero attached hydrogens (tertiary/aromatic N) is 2. The van der Waals surface area contributed by atoms with Crippen molar-refractivity contribution in [3.63, 3.8) is 0 Å². The summed E-state index contributed by atoms with van der Waals surface area (Å²) >= 11 is 0. The van der Waals surface area contributed by atoms with Crippen molar-refractivity contribution in [1.29, 1.82) is 0 Å². The van der Waals surface area contributed by atoms with Gasteiger partial charge in [-0.05, 0) is 51.8 Å². The van der Waals surface area contributed by atoms with E-state index in [1.807, 2.05) is 6.07 Å². The molecular weight excluding hydrogens is 280 g/mol. The molecule has 3 unspecified atom stereocenters. The van der Waals surface area contributed by atoms with Crippen molar-refractivity contribution < 1.29 is 14.6 Å². The van der Waals surface area contributed by atoms with Crippen LogP contribution >= 0.6 is 0 Å². The van der Waals surface area contributed by atoms with Gasteiger partial charge in [0.25, 0.3) is 0 Å². The molecule has 0 saturated carbocycles. The summed E-state index contributed by atoms with van der Waals surface area (Å²) < 4.78 is 5.77. The number of carbonyl (C=O) groups excluding carboxylic acids is 1. The van der Waals surface area contributed by atoms with Crippen molar-refractivity contribution in [2.75, 3.05) is 13.7 Å². The molecule has 0 radical (unpaired) electrons. The molecule has 1 N–H and O–H groups in total. The Bertz CT molecular complexity index is 522. The second-order valence-corrected chi connectivity index (χ2v) is 6.75. The summed E-state index contributed by atoms with van der Waals surface area (Å²) in [6.45, 7) is 1.39. The maximum Gasteiger partial charge on any atom is 0.320 e. The van der Waals surface area contributed by atoms with Gasteiger partial charge < -0.3 is 14.7 Å². The van der Waals surface area contributed by atoms with Crippen LogP contribution in [0.1, 0.15) is 38.3 Å². The number of ether oxygens (including phenoxy) is 1. The number of hydrogen-bond acceptors (Lipinski definition) is 5. The average Bonchev–Trinajstić information content (AvgIpc) is 2.76. The maximum absolute atomic E-state index is 12.6. The summed E-state index contributed by atoms with van der Waals surface area (Å²) in [5.41, 5.74) is -0.540. The average molecular weight is 304 g/mol. The first-order valence-electron chi connectivity index (χ1n) is 8.00. The SMILES string of the molecule is CN1C2CCC1CC(OC(=O)C(C)(CO)c1ccccn1)C2. The number of piperidine rings is 1. The van der Waals surface area contributed by atoms with Crippen LogP contribution < -0.4 is 0 Å². The lowest BCUT2D eigenvalue weighted by atomic mass is 9.87. The van der Waals surface area contributed by atoms with Crippen molar-refractivity contribution in [3.05, 3.63) is 30.1 Å². The van der Waals surface area contributed by atoms with E-state index in [4.69, 9.17) is 4.74 Å². The fraction of sp³-hybridized carbons (Fsp3) is 0.647. The number of aromatic nitrogens is 1. The largest absolute Gasteiger partial charge is 0.461 e. The quantitative estimate of drug-likeness (QED) is 0.854. The van der Waals surface area contributed by atoms with E-state index in [1.54, 1.807) is 25.3 Å². The van der Waals surface area contributed by atoms with E-state index in [0.717, 1.165) is 12.8 Å². The zero-order valence-electron chi connectivity index (χ0n) is 13.2. The highest BCUT2D eigenvalue weighted by Crippen LogP contribution is 2.36. The number of carbonyl (C=O) groups is 1. The summed E-state index contributed by atoms with van der Waals surface area (Å²) in [4.78, 5) is 19.3. The third-order valence-electron chi connectivity index (χ3n) is 5.33. The molecule has 3 atom stereocenters. The van der Waals surface area contributed by atoms with Gasteiger partial charge >= 0.3 is 5.97 Å². The van der Waals surface area contributed by atoms with Crippen LogP contribution in [0.3, 0.4) is 0 Å². The van der Waals surface area contributed by atoms with Crippen LogP contribution in [-0.4, -0.2) is 52.8 Å². The van der Waals surface area contributed by atoms with Crippen molar-refractivity contribution in [2.45, 2.75) is 56.2 Å². The molecule has 120 valence electrons. The summed E-state index contributed by atoms with van der Waals surface area (Å²) in [7, 11) is 2.16. The first kappa shape index (κ1) is 15.4. The van der Waals surface area contributed by atoms with Crippen molar-refractivity contribution in [3.8, 4) is 0 Å². The Labute approximate surface area is 131 Å². The van der Waals surface area contributed by atoms with E-state index in [0.29, 0.717) is 17.8 Å². The third-order valence-corrected chi connectivity index (χ3v) is 5.33. The molecule has 2 aliphatic rings. The lowest BCUT2D eigenvalue weighted by Crippen LogP contribution is -2.46. The molecule has 3 rings (SSSR count). The molecule has 2 bridgehead atoms. The van der Waals surface area contributed by atoms with Gasteiger partial charge in [-0.25, -0.2) is 0 Å². The Balaban J connectivity index is 1.71. The highest BCUT2D eigenvalue weighted by molar-refractivity contribution is 5.82. The molecule has 2 fully saturated rings. The number of aliphatic hydroxyl groups is 1. The minimum absolute atomic E-state index is 0.0456. The van der Waals surface area contributed by atoms with Crippen LogP contribution in [0.4, 0.5) is 0 Å². The van der Waals surface area contributed by atoms with Gasteiger partial charge in [0.15, 0.2) is 0 Å². The minimum atomic E-state index is -1.09. The van der Waals surface area contributed by atoms with Gasteiger partial charge in [0, 0.05) is 18.3 Å². The Hall–Kier alpha value is -1.46. The van der Waals surface area contributed by atoms with Crippen LogP contribution in [0.2, 0.25) is 0 Å². The van der Waals surface area contributed by atoms with Gasteiger partial charge in [-0.15, -0.1) is 0 Å². The topological polar surface area (TPSA) is 62.7 Å². The second kappa shape index (κ2) is 5.97. The molecule has 22 heavy (non-hydrogen) atoms. The van der Waals surface area contributed by atoms with E-state index in [1.165, 1.54) is 12.8 Å². The summed E-state index contributed by atoms with van der Waals surface area (Å²) in [5.74, 6) is -0.373. The molecule has 2 saturated heterocycles. The lowest BCUT2D eigenvalue weighted by Gasteiger charge is -2.37. The monoisotopic (exact) mass is 304 g/mol. The zero-order chi connectivity index (χ0) is 15.7. The Kier molecular flexibility index (Phi) is 4.19. The van der Waals surface area contributed by atoms with Crippen LogP contribution in [0.5, 0.6) is 0 Å². The number of aliphatic hydroxyl groups excluding tert-OH is 1. The van der Waals surface area contributed by atoms with Crippen molar-refractivity contribution >= 4 is 5.97 Å². The van der Waals surface area contributed by atoms with Gasteiger partial charge in [-0.3, -0.25) is 9.78 Å². The van der Waals surface area contributed by atoms with E-state index in [9.17, 15) is 9.90 Å². The normalized spacial score (nSPS) is 30.8. The van der Waals surface area contributed by atoms with Crippen LogP contribution in [0.15, 0.2) is 24.4 Å². The summed E-state index contributed by atoms with van der Waals surface area (Å²) in [5, 5.41) is 9.75. The van der Waals surface area contributed by atoms with Gasteiger partial charge in [0.2, 0.25) is 0 Å². The molecule has 5 heteroatoms. The molecule has 0 aliphatic carbocycles. The Morgan fingerprint density at radius 2 is 2.09 bits per heavy atom. The van der Waals surface area contributed by atoms with E-state index < -0.39 is 5.41 Å². The van der Waals surface area contributed by atoms with Crippen LogP contribution in [-0.2, 0) is 14.9 Å². The molecule has 0 aromatic carbocycles. The number of rotatable bonds is 4. The van der Waals surface area contributed by atoms with E-state index >= 15 is 0 Å². The fourth-order valence-electron chi connectivity index (χ4n) is 3.68. The lowest BCUT2D eigenvalue weighted by molar-refractivity contribution is -0.160. The molecule has 0 spiro atoms. The zero-order valence-corrected chi connectivity index (χ0v) is 13.2. The Morgan fingerprint density at radius 3 is 2.64 bits per heavy atom. The smallest absolute Gasteiger partial charge is 0.320 e. The molecular formula is C17H24N2O3. The van der Waals surface area contributed by atoms with Gasteiger partial charge in [-0.2, -0.15) is 0 Å². The highest BCUT2D eigenvalue weighted by atomic mass is 16.5. The molecule has 5 nitrogen and oxygen atoms in total.